The Morgan fingerprint density at radius 3 is 1.94 bits per heavy atom. The summed E-state index contributed by atoms with van der Waals surface area (Å²) in [6.07, 6.45) is -9.91. The van der Waals surface area contributed by atoms with Crippen LogP contribution in [0.3, 0.4) is 0 Å². The van der Waals surface area contributed by atoms with Crippen molar-refractivity contribution in [2.45, 2.75) is 25.2 Å². The Labute approximate surface area is 85.4 Å². The van der Waals surface area contributed by atoms with Crippen LogP contribution in [0.2, 0.25) is 0 Å². The molecule has 0 spiro atoms. The van der Waals surface area contributed by atoms with Crippen LogP contribution in [0.1, 0.15) is 6.92 Å². The highest BCUT2D eigenvalue weighted by atomic mass is 19.4. The number of halogens is 6. The number of Topliss-reactive ketones (excluding diaryl/α,β-unsaturated/α-hetero) is 1. The third kappa shape index (κ3) is 2.86. The van der Waals surface area contributed by atoms with Crippen LogP contribution >= 0.6 is 0 Å². The lowest BCUT2D eigenvalue weighted by Gasteiger charge is -2.19. The molecule has 9 heteroatoms. The monoisotopic (exact) mass is 252 g/mol. The molecule has 0 aromatic rings. The normalized spacial score (nSPS) is 14.4. The molecule has 0 saturated carbocycles. The Kier molecular flexibility index (Phi) is 4.33. The van der Waals surface area contributed by atoms with Crippen LogP contribution in [-0.2, 0) is 14.3 Å². The summed E-state index contributed by atoms with van der Waals surface area (Å²) in [4.78, 5) is 20.8. The molecule has 1 atom stereocenters. The summed E-state index contributed by atoms with van der Waals surface area (Å²) >= 11 is 0. The smallest absolute Gasteiger partial charge is 0.461 e. The highest BCUT2D eigenvalue weighted by molar-refractivity contribution is 6.05. The molecule has 0 N–H and O–H groups in total. The van der Waals surface area contributed by atoms with Crippen molar-refractivity contribution in [2.75, 3.05) is 6.61 Å². The third-order valence-electron chi connectivity index (χ3n) is 1.39. The second-order valence-corrected chi connectivity index (χ2v) is 2.55. The van der Waals surface area contributed by atoms with E-state index in [0.717, 1.165) is 6.92 Å². The summed E-state index contributed by atoms with van der Waals surface area (Å²) in [6.45, 7) is 0.709. The van der Waals surface area contributed by atoms with E-state index in [4.69, 9.17) is 0 Å². The van der Waals surface area contributed by atoms with E-state index in [0.29, 0.717) is 0 Å². The Morgan fingerprint density at radius 2 is 1.62 bits per heavy atom. The number of alkyl halides is 6. The van der Waals surface area contributed by atoms with E-state index in [2.05, 4.69) is 4.74 Å². The van der Waals surface area contributed by atoms with Crippen LogP contribution in [-0.4, -0.2) is 36.6 Å². The minimum absolute atomic E-state index is 0.454. The van der Waals surface area contributed by atoms with E-state index in [1.807, 2.05) is 0 Å². The molecule has 0 fully saturated rings. The fraction of sp³-hybridized carbons (Fsp3) is 0.714. The zero-order valence-corrected chi connectivity index (χ0v) is 7.78. The summed E-state index contributed by atoms with van der Waals surface area (Å²) in [6, 6.07) is 0. The molecule has 0 bridgehead atoms. The Morgan fingerprint density at radius 1 is 1.19 bits per heavy atom. The summed E-state index contributed by atoms with van der Waals surface area (Å²) in [5.41, 5.74) is 0. The van der Waals surface area contributed by atoms with Gasteiger partial charge in [0.25, 0.3) is 12.0 Å². The van der Waals surface area contributed by atoms with Crippen molar-refractivity contribution in [1.29, 1.82) is 0 Å². The first-order valence-corrected chi connectivity index (χ1v) is 3.85. The lowest BCUT2D eigenvalue weighted by Crippen LogP contribution is -2.50. The molecule has 94 valence electrons. The minimum atomic E-state index is -6.25. The van der Waals surface area contributed by atoms with Gasteiger partial charge < -0.3 is 4.74 Å². The summed E-state index contributed by atoms with van der Waals surface area (Å²) < 4.78 is 75.7. The number of hydrogen-bond donors (Lipinski definition) is 0. The first kappa shape index (κ1) is 14.7. The van der Waals surface area contributed by atoms with Crippen LogP contribution in [0.4, 0.5) is 26.3 Å². The van der Waals surface area contributed by atoms with E-state index >= 15 is 0 Å². The van der Waals surface area contributed by atoms with Gasteiger partial charge in [-0.1, -0.05) is 0 Å². The fourth-order valence-corrected chi connectivity index (χ4v) is 0.621. The number of carbonyl (C=O) groups is 2. The highest BCUT2D eigenvalue weighted by Crippen LogP contribution is 2.37. The third-order valence-corrected chi connectivity index (χ3v) is 1.39. The molecular formula is C7H6F6O3. The average Bonchev–Trinajstić information content (AvgIpc) is 2.14. The van der Waals surface area contributed by atoms with E-state index < -0.39 is 36.6 Å². The largest absolute Gasteiger partial charge is 0.463 e. The zero-order valence-electron chi connectivity index (χ0n) is 7.78. The fourth-order valence-electron chi connectivity index (χ4n) is 0.621. The molecule has 0 heterocycles. The minimum Gasteiger partial charge on any atom is -0.463 e. The number of hydrogen-bond acceptors (Lipinski definition) is 3. The molecule has 0 aromatic carbocycles. The molecule has 0 aromatic heterocycles. The van der Waals surface area contributed by atoms with Gasteiger partial charge >= 0.3 is 18.1 Å². The van der Waals surface area contributed by atoms with Gasteiger partial charge in [0.05, 0.1) is 6.61 Å². The van der Waals surface area contributed by atoms with Gasteiger partial charge in [-0.05, 0) is 6.92 Å². The van der Waals surface area contributed by atoms with Gasteiger partial charge in [-0.2, -0.15) is 22.0 Å². The van der Waals surface area contributed by atoms with E-state index in [-0.39, 0.29) is 0 Å². The van der Waals surface area contributed by atoms with Gasteiger partial charge in [-0.3, -0.25) is 4.79 Å². The van der Waals surface area contributed by atoms with Crippen molar-refractivity contribution in [1.82, 2.24) is 0 Å². The molecule has 0 saturated heterocycles. The van der Waals surface area contributed by atoms with Crippen LogP contribution in [0, 0.1) is 0 Å². The molecule has 16 heavy (non-hydrogen) atoms. The Hall–Kier alpha value is -1.28. The second-order valence-electron chi connectivity index (χ2n) is 2.55. The lowest BCUT2D eigenvalue weighted by atomic mass is 10.1. The van der Waals surface area contributed by atoms with Crippen molar-refractivity contribution < 1.29 is 40.7 Å². The van der Waals surface area contributed by atoms with E-state index in [9.17, 15) is 35.9 Å². The van der Waals surface area contributed by atoms with Crippen molar-refractivity contribution in [3.05, 3.63) is 0 Å². The van der Waals surface area contributed by atoms with Gasteiger partial charge in [0.1, 0.15) is 0 Å². The molecule has 3 nitrogen and oxygen atoms in total. The molecule has 0 aliphatic carbocycles. The van der Waals surface area contributed by atoms with Crippen molar-refractivity contribution in [2.24, 2.45) is 0 Å². The predicted octanol–water partition coefficient (Wildman–Crippen LogP) is 1.65. The van der Waals surface area contributed by atoms with Crippen molar-refractivity contribution in [3.8, 4) is 0 Å². The predicted molar refractivity (Wildman–Crippen MR) is 37.5 cm³/mol. The summed E-state index contributed by atoms with van der Waals surface area (Å²) in [5, 5.41) is 0. The number of carbonyl (C=O) groups excluding carboxylic acids is 2. The SMILES string of the molecule is CCOC(=O)C(F)C(=O)C(F)(F)C(F)(F)F. The van der Waals surface area contributed by atoms with E-state index in [1.54, 1.807) is 0 Å². The van der Waals surface area contributed by atoms with Crippen LogP contribution < -0.4 is 0 Å². The molecule has 0 amide bonds. The topological polar surface area (TPSA) is 43.4 Å². The maximum Gasteiger partial charge on any atom is 0.461 e. The van der Waals surface area contributed by atoms with Gasteiger partial charge in [-0.15, -0.1) is 0 Å². The van der Waals surface area contributed by atoms with Crippen LogP contribution in [0.5, 0.6) is 0 Å². The molecule has 0 rings (SSSR count). The highest BCUT2D eigenvalue weighted by Gasteiger charge is 2.65. The van der Waals surface area contributed by atoms with Crippen molar-refractivity contribution >= 4 is 11.8 Å². The number of ether oxygens (including phenoxy) is 1. The second kappa shape index (κ2) is 4.71. The average molecular weight is 252 g/mol. The van der Waals surface area contributed by atoms with Gasteiger partial charge in [-0.25, -0.2) is 9.18 Å². The van der Waals surface area contributed by atoms with Crippen LogP contribution in [0.15, 0.2) is 0 Å². The van der Waals surface area contributed by atoms with E-state index in [1.165, 1.54) is 0 Å². The molecule has 0 radical (unpaired) electrons. The standard InChI is InChI=1S/C7H6F6O3/c1-2-16-5(15)3(8)4(14)6(9,10)7(11,12)13/h3H,2H2,1H3. The molecule has 0 aliphatic heterocycles. The van der Waals surface area contributed by atoms with Gasteiger partial charge in [0, 0.05) is 0 Å². The Bertz CT molecular complexity index is 284. The quantitative estimate of drug-likeness (QED) is 0.434. The first-order chi connectivity index (χ1) is 7.05. The summed E-state index contributed by atoms with van der Waals surface area (Å²) in [7, 11) is 0. The molecular weight excluding hydrogens is 246 g/mol. The lowest BCUT2D eigenvalue weighted by molar-refractivity contribution is -0.270. The maximum atomic E-state index is 12.6. The number of ketones is 1. The maximum absolute atomic E-state index is 12.6. The summed E-state index contributed by atoms with van der Waals surface area (Å²) in [5.74, 6) is -11.2. The van der Waals surface area contributed by atoms with Crippen LogP contribution in [0.25, 0.3) is 0 Å². The van der Waals surface area contributed by atoms with Crippen molar-refractivity contribution in [3.63, 3.8) is 0 Å². The number of esters is 1. The molecule has 1 unspecified atom stereocenters. The number of rotatable bonds is 4. The van der Waals surface area contributed by atoms with Gasteiger partial charge in [0.2, 0.25) is 0 Å². The molecule has 0 aliphatic rings. The van der Waals surface area contributed by atoms with Gasteiger partial charge in [0.15, 0.2) is 0 Å². The first-order valence-electron chi connectivity index (χ1n) is 3.85. The Balaban J connectivity index is 4.87. The zero-order chi connectivity index (χ0) is 13.1.